The van der Waals surface area contributed by atoms with E-state index in [0.717, 1.165) is 18.8 Å². The molecule has 0 aliphatic heterocycles. The molecule has 0 spiro atoms. The van der Waals surface area contributed by atoms with Crippen molar-refractivity contribution in [2.75, 3.05) is 34.3 Å². The minimum absolute atomic E-state index is 0.459. The summed E-state index contributed by atoms with van der Waals surface area (Å²) in [7, 11) is 6.05. The summed E-state index contributed by atoms with van der Waals surface area (Å²) in [6.45, 7) is 3.29. The van der Waals surface area contributed by atoms with Gasteiger partial charge in [-0.05, 0) is 50.0 Å². The Bertz CT molecular complexity index is 421. The van der Waals surface area contributed by atoms with Crippen LogP contribution in [0.4, 0.5) is 0 Å². The van der Waals surface area contributed by atoms with Gasteiger partial charge in [0.05, 0.1) is 7.11 Å². The second kappa shape index (κ2) is 7.81. The van der Waals surface area contributed by atoms with Crippen molar-refractivity contribution in [3.8, 4) is 5.75 Å². The fraction of sp³-hybridized carbons (Fsp3) is 0.667. The van der Waals surface area contributed by atoms with Gasteiger partial charge in [0, 0.05) is 19.6 Å². The zero-order valence-electron chi connectivity index (χ0n) is 13.8. The zero-order chi connectivity index (χ0) is 15.1. The Kier molecular flexibility index (Phi) is 6.07. The van der Waals surface area contributed by atoms with Gasteiger partial charge < -0.3 is 15.0 Å². The topological polar surface area (TPSA) is 24.5 Å². The SMILES string of the molecule is CNCC1(CN(C)Cc2cccc(OC)c2)CCCCC1. The minimum Gasteiger partial charge on any atom is -0.497 e. The highest BCUT2D eigenvalue weighted by atomic mass is 16.5. The van der Waals surface area contributed by atoms with Crippen LogP contribution in [-0.4, -0.2) is 39.2 Å². The van der Waals surface area contributed by atoms with Gasteiger partial charge in [-0.15, -0.1) is 0 Å². The molecule has 2 rings (SSSR count). The zero-order valence-corrected chi connectivity index (χ0v) is 13.8. The number of ether oxygens (including phenoxy) is 1. The lowest BCUT2D eigenvalue weighted by Gasteiger charge is -2.40. The largest absolute Gasteiger partial charge is 0.497 e. The fourth-order valence-electron chi connectivity index (χ4n) is 3.78. The van der Waals surface area contributed by atoms with Gasteiger partial charge in [-0.3, -0.25) is 0 Å². The Hall–Kier alpha value is -1.06. The summed E-state index contributed by atoms with van der Waals surface area (Å²) in [6, 6.07) is 8.41. The summed E-state index contributed by atoms with van der Waals surface area (Å²) >= 11 is 0. The van der Waals surface area contributed by atoms with Gasteiger partial charge in [-0.1, -0.05) is 31.4 Å². The molecule has 1 aliphatic carbocycles. The molecule has 1 fully saturated rings. The standard InChI is InChI=1S/C18H30N2O/c1-19-14-18(10-5-4-6-11-18)15-20(2)13-16-8-7-9-17(12-16)21-3/h7-9,12,19H,4-6,10-11,13-15H2,1-3H3. The van der Waals surface area contributed by atoms with E-state index in [-0.39, 0.29) is 0 Å². The van der Waals surface area contributed by atoms with Gasteiger partial charge >= 0.3 is 0 Å². The molecule has 0 radical (unpaired) electrons. The van der Waals surface area contributed by atoms with E-state index in [4.69, 9.17) is 4.74 Å². The predicted octanol–water partition coefficient (Wildman–Crippen LogP) is 3.30. The first kappa shape index (κ1) is 16.3. The Morgan fingerprint density at radius 2 is 2.00 bits per heavy atom. The molecule has 0 aromatic heterocycles. The highest BCUT2D eigenvalue weighted by molar-refractivity contribution is 5.28. The van der Waals surface area contributed by atoms with E-state index in [1.165, 1.54) is 44.2 Å². The number of nitrogens with zero attached hydrogens (tertiary/aromatic N) is 1. The number of nitrogens with one attached hydrogen (secondary N) is 1. The number of hydrogen-bond donors (Lipinski definition) is 1. The molecule has 0 bridgehead atoms. The van der Waals surface area contributed by atoms with Crippen LogP contribution < -0.4 is 10.1 Å². The molecular weight excluding hydrogens is 260 g/mol. The first-order valence-corrected chi connectivity index (χ1v) is 8.13. The molecule has 1 aliphatic rings. The van der Waals surface area contributed by atoms with E-state index < -0.39 is 0 Å². The minimum atomic E-state index is 0.459. The summed E-state index contributed by atoms with van der Waals surface area (Å²) in [5.74, 6) is 0.948. The van der Waals surface area contributed by atoms with Crippen LogP contribution in [0.25, 0.3) is 0 Å². The van der Waals surface area contributed by atoms with Gasteiger partial charge in [0.15, 0.2) is 0 Å². The van der Waals surface area contributed by atoms with Crippen LogP contribution in [0.1, 0.15) is 37.7 Å². The average molecular weight is 290 g/mol. The number of benzene rings is 1. The summed E-state index contributed by atoms with van der Waals surface area (Å²) in [5.41, 5.74) is 1.79. The van der Waals surface area contributed by atoms with Crippen molar-refractivity contribution in [3.63, 3.8) is 0 Å². The molecule has 1 aromatic carbocycles. The smallest absolute Gasteiger partial charge is 0.119 e. The highest BCUT2D eigenvalue weighted by Gasteiger charge is 2.32. The predicted molar refractivity (Wildman–Crippen MR) is 88.8 cm³/mol. The van der Waals surface area contributed by atoms with Gasteiger partial charge in [0.2, 0.25) is 0 Å². The van der Waals surface area contributed by atoms with Crippen LogP contribution in [0.5, 0.6) is 5.75 Å². The van der Waals surface area contributed by atoms with E-state index >= 15 is 0 Å². The second-order valence-electron chi connectivity index (χ2n) is 6.61. The summed E-state index contributed by atoms with van der Waals surface area (Å²) in [4.78, 5) is 2.47. The molecular formula is C18H30N2O. The monoisotopic (exact) mass is 290 g/mol. The van der Waals surface area contributed by atoms with Crippen molar-refractivity contribution in [2.45, 2.75) is 38.6 Å². The molecule has 0 amide bonds. The number of hydrogen-bond acceptors (Lipinski definition) is 3. The maximum atomic E-state index is 5.32. The van der Waals surface area contributed by atoms with Gasteiger partial charge in [0.25, 0.3) is 0 Å². The van der Waals surface area contributed by atoms with Crippen molar-refractivity contribution >= 4 is 0 Å². The normalized spacial score (nSPS) is 17.9. The number of rotatable bonds is 7. The van der Waals surface area contributed by atoms with E-state index in [0.29, 0.717) is 5.41 Å². The molecule has 3 heteroatoms. The number of methoxy groups -OCH3 is 1. The van der Waals surface area contributed by atoms with Gasteiger partial charge in [-0.2, -0.15) is 0 Å². The second-order valence-corrected chi connectivity index (χ2v) is 6.61. The quantitative estimate of drug-likeness (QED) is 0.834. The molecule has 1 aromatic rings. The third kappa shape index (κ3) is 4.72. The van der Waals surface area contributed by atoms with Crippen molar-refractivity contribution < 1.29 is 4.74 Å². The van der Waals surface area contributed by atoms with Crippen molar-refractivity contribution in [3.05, 3.63) is 29.8 Å². The van der Waals surface area contributed by atoms with Crippen LogP contribution in [0.2, 0.25) is 0 Å². The van der Waals surface area contributed by atoms with Gasteiger partial charge in [-0.25, -0.2) is 0 Å². The molecule has 0 unspecified atom stereocenters. The van der Waals surface area contributed by atoms with E-state index in [1.807, 2.05) is 6.07 Å². The molecule has 0 saturated heterocycles. The summed E-state index contributed by atoms with van der Waals surface area (Å²) < 4.78 is 5.32. The summed E-state index contributed by atoms with van der Waals surface area (Å²) in [6.07, 6.45) is 6.89. The van der Waals surface area contributed by atoms with E-state index in [1.54, 1.807) is 7.11 Å². The van der Waals surface area contributed by atoms with Crippen molar-refractivity contribution in [1.82, 2.24) is 10.2 Å². The van der Waals surface area contributed by atoms with Crippen molar-refractivity contribution in [1.29, 1.82) is 0 Å². The lowest BCUT2D eigenvalue weighted by molar-refractivity contribution is 0.116. The first-order chi connectivity index (χ1) is 10.2. The van der Waals surface area contributed by atoms with Gasteiger partial charge in [0.1, 0.15) is 5.75 Å². The molecule has 1 saturated carbocycles. The van der Waals surface area contributed by atoms with Crippen molar-refractivity contribution in [2.24, 2.45) is 5.41 Å². The van der Waals surface area contributed by atoms with Crippen LogP contribution >= 0.6 is 0 Å². The van der Waals surface area contributed by atoms with Crippen LogP contribution in [-0.2, 0) is 6.54 Å². The Labute approximate surface area is 129 Å². The van der Waals surface area contributed by atoms with Crippen LogP contribution in [0.15, 0.2) is 24.3 Å². The highest BCUT2D eigenvalue weighted by Crippen LogP contribution is 2.36. The maximum Gasteiger partial charge on any atom is 0.119 e. The molecule has 0 atom stereocenters. The molecule has 1 N–H and O–H groups in total. The lowest BCUT2D eigenvalue weighted by atomic mass is 9.73. The molecule has 21 heavy (non-hydrogen) atoms. The first-order valence-electron chi connectivity index (χ1n) is 8.13. The third-order valence-corrected chi connectivity index (χ3v) is 4.66. The van der Waals surface area contributed by atoms with E-state index in [9.17, 15) is 0 Å². The molecule has 118 valence electrons. The average Bonchev–Trinajstić information content (AvgIpc) is 2.48. The lowest BCUT2D eigenvalue weighted by Crippen LogP contribution is -2.43. The molecule has 3 nitrogen and oxygen atoms in total. The molecule has 0 heterocycles. The third-order valence-electron chi connectivity index (χ3n) is 4.66. The Morgan fingerprint density at radius 1 is 1.24 bits per heavy atom. The fourth-order valence-corrected chi connectivity index (χ4v) is 3.78. The van der Waals surface area contributed by atoms with Crippen LogP contribution in [0.3, 0.4) is 0 Å². The Balaban J connectivity index is 1.96. The summed E-state index contributed by atoms with van der Waals surface area (Å²) in [5, 5.41) is 3.42. The maximum absolute atomic E-state index is 5.32. The Morgan fingerprint density at radius 3 is 2.67 bits per heavy atom. The van der Waals surface area contributed by atoms with E-state index in [2.05, 4.69) is 42.5 Å². The van der Waals surface area contributed by atoms with Crippen LogP contribution in [0, 0.1) is 5.41 Å².